The molecule has 2 heterocycles. The number of hydrogen-bond acceptors (Lipinski definition) is 5. The number of amides is 2. The molecule has 146 valence electrons. The third-order valence-electron chi connectivity index (χ3n) is 4.31. The van der Waals surface area contributed by atoms with Gasteiger partial charge < -0.3 is 5.32 Å². The van der Waals surface area contributed by atoms with Gasteiger partial charge in [0.2, 0.25) is 5.91 Å². The van der Waals surface area contributed by atoms with Crippen molar-refractivity contribution in [2.45, 2.75) is 32.6 Å². The molecule has 2 aromatic rings. The van der Waals surface area contributed by atoms with Crippen molar-refractivity contribution < 1.29 is 9.59 Å². The molecule has 1 aromatic carbocycles. The zero-order chi connectivity index (χ0) is 19.9. The van der Waals surface area contributed by atoms with E-state index in [-0.39, 0.29) is 11.8 Å². The molecule has 1 aliphatic heterocycles. The van der Waals surface area contributed by atoms with Gasteiger partial charge in [0.25, 0.3) is 5.91 Å². The van der Waals surface area contributed by atoms with Crippen LogP contribution in [0.25, 0.3) is 6.08 Å². The second kappa shape index (κ2) is 10.0. The number of hydrogen-bond donors (Lipinski definition) is 1. The lowest BCUT2D eigenvalue weighted by atomic mass is 10.1. The molecule has 28 heavy (non-hydrogen) atoms. The Balaban J connectivity index is 1.38. The molecule has 2 amide bonds. The third-order valence-corrected chi connectivity index (χ3v) is 6.51. The zero-order valence-corrected chi connectivity index (χ0v) is 18.1. The van der Waals surface area contributed by atoms with E-state index < -0.39 is 0 Å². The normalized spacial score (nSPS) is 15.5. The van der Waals surface area contributed by atoms with Crippen molar-refractivity contribution in [3.8, 4) is 0 Å². The third kappa shape index (κ3) is 5.77. The number of unbranched alkanes of at least 4 members (excludes halogenated alkanes) is 2. The summed E-state index contributed by atoms with van der Waals surface area (Å²) in [5.41, 5.74) is 1.99. The number of nitrogens with one attached hydrogen (secondary N) is 1. The van der Waals surface area contributed by atoms with Crippen LogP contribution in [0.2, 0.25) is 0 Å². The van der Waals surface area contributed by atoms with Crippen LogP contribution >= 0.6 is 35.3 Å². The molecule has 0 radical (unpaired) electrons. The number of aryl methyl sites for hydroxylation is 1. The number of benzene rings is 1. The summed E-state index contributed by atoms with van der Waals surface area (Å²) in [6.45, 7) is 2.62. The fourth-order valence-electron chi connectivity index (χ4n) is 2.79. The van der Waals surface area contributed by atoms with Crippen molar-refractivity contribution in [2.24, 2.45) is 0 Å². The van der Waals surface area contributed by atoms with E-state index in [0.717, 1.165) is 29.8 Å². The Kier molecular flexibility index (Phi) is 7.42. The number of thiophene rings is 1. The van der Waals surface area contributed by atoms with Crippen LogP contribution in [0.4, 0.5) is 5.69 Å². The van der Waals surface area contributed by atoms with E-state index >= 15 is 0 Å². The predicted octanol–water partition coefficient (Wildman–Crippen LogP) is 5.46. The molecule has 0 atom stereocenters. The van der Waals surface area contributed by atoms with Gasteiger partial charge in [0, 0.05) is 23.5 Å². The molecule has 1 N–H and O–H groups in total. The molecule has 1 aliphatic rings. The summed E-state index contributed by atoms with van der Waals surface area (Å²) in [6, 6.07) is 11.7. The highest BCUT2D eigenvalue weighted by Crippen LogP contribution is 2.33. The number of thioether (sulfide) groups is 1. The highest BCUT2D eigenvalue weighted by atomic mass is 32.2. The first-order valence-electron chi connectivity index (χ1n) is 9.18. The fraction of sp³-hybridized carbons (Fsp3) is 0.286. The predicted molar refractivity (Wildman–Crippen MR) is 122 cm³/mol. The molecular formula is C21H22N2O2S3. The maximum Gasteiger partial charge on any atom is 0.266 e. The average molecular weight is 431 g/mol. The average Bonchev–Trinajstić information content (AvgIpc) is 3.27. The van der Waals surface area contributed by atoms with E-state index in [1.165, 1.54) is 17.3 Å². The number of thiocarbonyl (C=S) groups is 1. The van der Waals surface area contributed by atoms with Crippen molar-refractivity contribution in [2.75, 3.05) is 11.9 Å². The van der Waals surface area contributed by atoms with Gasteiger partial charge in [-0.2, -0.15) is 0 Å². The lowest BCUT2D eigenvalue weighted by Crippen LogP contribution is -2.29. The maximum absolute atomic E-state index is 12.5. The summed E-state index contributed by atoms with van der Waals surface area (Å²) < 4.78 is 0.616. The van der Waals surface area contributed by atoms with Crippen LogP contribution in [0.3, 0.4) is 0 Å². The molecule has 0 unspecified atom stereocenters. The minimum absolute atomic E-state index is 0.0134. The van der Waals surface area contributed by atoms with Crippen LogP contribution in [0.1, 0.15) is 36.1 Å². The standard InChI is InChI=1S/C21H22N2O2S3/c1-15-8-10-16(11-9-15)22-19(24)7-3-2-4-12-23-20(25)18(28-21(23)26)14-17-6-5-13-27-17/h5-6,8-11,13-14H,2-4,7,12H2,1H3,(H,22,24)/b18-14-. The Morgan fingerprint density at radius 2 is 1.96 bits per heavy atom. The summed E-state index contributed by atoms with van der Waals surface area (Å²) in [5, 5.41) is 4.90. The Bertz CT molecular complexity index is 874. The fourth-order valence-corrected chi connectivity index (χ4v) is 4.82. The summed E-state index contributed by atoms with van der Waals surface area (Å²) in [7, 11) is 0. The number of anilines is 1. The van der Waals surface area contributed by atoms with Crippen LogP contribution in [-0.4, -0.2) is 27.6 Å². The van der Waals surface area contributed by atoms with Gasteiger partial charge in [0.1, 0.15) is 4.32 Å². The van der Waals surface area contributed by atoms with Gasteiger partial charge in [-0.15, -0.1) is 11.3 Å². The Hall–Kier alpha value is -1.96. The second-order valence-electron chi connectivity index (χ2n) is 6.57. The first kappa shape index (κ1) is 20.8. The second-order valence-corrected chi connectivity index (χ2v) is 9.23. The van der Waals surface area contributed by atoms with E-state index in [4.69, 9.17) is 12.2 Å². The summed E-state index contributed by atoms with van der Waals surface area (Å²) >= 11 is 8.32. The van der Waals surface area contributed by atoms with Gasteiger partial charge in [-0.3, -0.25) is 14.5 Å². The van der Waals surface area contributed by atoms with Gasteiger partial charge in [-0.05, 0) is 49.4 Å². The molecule has 1 saturated heterocycles. The van der Waals surface area contributed by atoms with Crippen molar-refractivity contribution in [3.05, 3.63) is 57.1 Å². The van der Waals surface area contributed by atoms with Gasteiger partial charge in [0.15, 0.2) is 0 Å². The lowest BCUT2D eigenvalue weighted by molar-refractivity contribution is -0.122. The van der Waals surface area contributed by atoms with Crippen LogP contribution in [0.15, 0.2) is 46.7 Å². The minimum atomic E-state index is -0.0134. The van der Waals surface area contributed by atoms with Gasteiger partial charge in [0.05, 0.1) is 4.91 Å². The van der Waals surface area contributed by atoms with Crippen LogP contribution in [0.5, 0.6) is 0 Å². The first-order chi connectivity index (χ1) is 13.5. The summed E-state index contributed by atoms with van der Waals surface area (Å²) in [4.78, 5) is 28.0. The number of carbonyl (C=O) groups is 2. The molecule has 1 fully saturated rings. The number of nitrogens with zero attached hydrogens (tertiary/aromatic N) is 1. The molecule has 7 heteroatoms. The van der Waals surface area contributed by atoms with E-state index in [2.05, 4.69) is 5.32 Å². The van der Waals surface area contributed by atoms with E-state index in [1.807, 2.05) is 54.8 Å². The van der Waals surface area contributed by atoms with Crippen molar-refractivity contribution in [1.29, 1.82) is 0 Å². The number of carbonyl (C=O) groups excluding carboxylic acids is 2. The first-order valence-corrected chi connectivity index (χ1v) is 11.3. The summed E-state index contributed by atoms with van der Waals surface area (Å²) in [6.07, 6.45) is 4.88. The van der Waals surface area contributed by atoms with Crippen molar-refractivity contribution >= 4 is 63.2 Å². The van der Waals surface area contributed by atoms with Crippen LogP contribution in [0, 0.1) is 6.92 Å². The Morgan fingerprint density at radius 1 is 1.18 bits per heavy atom. The molecule has 0 spiro atoms. The van der Waals surface area contributed by atoms with Crippen molar-refractivity contribution in [3.63, 3.8) is 0 Å². The van der Waals surface area contributed by atoms with Gasteiger partial charge in [-0.1, -0.05) is 54.2 Å². The molecule has 0 aliphatic carbocycles. The molecule has 1 aromatic heterocycles. The largest absolute Gasteiger partial charge is 0.326 e. The molecule has 0 bridgehead atoms. The topological polar surface area (TPSA) is 49.4 Å². The van der Waals surface area contributed by atoms with Crippen LogP contribution < -0.4 is 5.32 Å². The molecule has 4 nitrogen and oxygen atoms in total. The molecular weight excluding hydrogens is 408 g/mol. The smallest absolute Gasteiger partial charge is 0.266 e. The van der Waals surface area contributed by atoms with E-state index in [0.29, 0.717) is 22.2 Å². The van der Waals surface area contributed by atoms with E-state index in [9.17, 15) is 9.59 Å². The SMILES string of the molecule is Cc1ccc(NC(=O)CCCCCN2C(=O)/C(=C/c3cccs3)SC2=S)cc1. The Morgan fingerprint density at radius 3 is 2.68 bits per heavy atom. The monoisotopic (exact) mass is 430 g/mol. The van der Waals surface area contributed by atoms with E-state index in [1.54, 1.807) is 16.2 Å². The van der Waals surface area contributed by atoms with Crippen LogP contribution in [-0.2, 0) is 9.59 Å². The maximum atomic E-state index is 12.5. The highest BCUT2D eigenvalue weighted by Gasteiger charge is 2.31. The molecule has 3 rings (SSSR count). The summed E-state index contributed by atoms with van der Waals surface area (Å²) in [5.74, 6) is 0.00820. The van der Waals surface area contributed by atoms with Gasteiger partial charge >= 0.3 is 0 Å². The lowest BCUT2D eigenvalue weighted by Gasteiger charge is -2.14. The van der Waals surface area contributed by atoms with Gasteiger partial charge in [-0.25, -0.2) is 0 Å². The minimum Gasteiger partial charge on any atom is -0.326 e. The van der Waals surface area contributed by atoms with Crippen molar-refractivity contribution in [1.82, 2.24) is 4.90 Å². The number of rotatable bonds is 8. The zero-order valence-electron chi connectivity index (χ0n) is 15.6. The Labute approximate surface area is 179 Å². The highest BCUT2D eigenvalue weighted by molar-refractivity contribution is 8.26. The molecule has 0 saturated carbocycles. The quantitative estimate of drug-likeness (QED) is 0.343.